The molecule has 0 unspecified atom stereocenters. The fourth-order valence-corrected chi connectivity index (χ4v) is 1.62. The topological polar surface area (TPSA) is 70.1 Å². The van der Waals surface area contributed by atoms with Crippen molar-refractivity contribution in [2.75, 3.05) is 12.8 Å². The molecule has 2 aromatic heterocycles. The van der Waals surface area contributed by atoms with Crippen molar-refractivity contribution in [1.82, 2.24) is 9.55 Å². The fourth-order valence-electron chi connectivity index (χ4n) is 1.62. The molecule has 2 aromatic rings. The van der Waals surface area contributed by atoms with E-state index < -0.39 is 5.97 Å². The first-order valence-corrected chi connectivity index (χ1v) is 5.13. The third-order valence-electron chi connectivity index (χ3n) is 2.41. The number of hydrogen-bond acceptors (Lipinski definition) is 4. The minimum Gasteiger partial charge on any atom is -0.464 e. The minimum absolute atomic E-state index is 0.393. The Morgan fingerprint density at radius 2 is 2.18 bits per heavy atom. The van der Waals surface area contributed by atoms with Crippen molar-refractivity contribution in [3.63, 3.8) is 0 Å². The van der Waals surface area contributed by atoms with E-state index in [0.29, 0.717) is 17.9 Å². The Labute approximate surface area is 98.8 Å². The summed E-state index contributed by atoms with van der Waals surface area (Å²) in [5, 5.41) is 0. The zero-order valence-corrected chi connectivity index (χ0v) is 9.46. The summed E-state index contributed by atoms with van der Waals surface area (Å²) in [6.45, 7) is 0.560. The van der Waals surface area contributed by atoms with Gasteiger partial charge in [-0.2, -0.15) is 0 Å². The number of esters is 1. The Morgan fingerprint density at radius 1 is 1.47 bits per heavy atom. The molecule has 2 heterocycles. The first-order valence-electron chi connectivity index (χ1n) is 5.13. The normalized spacial score (nSPS) is 10.2. The first kappa shape index (κ1) is 11.2. The van der Waals surface area contributed by atoms with Gasteiger partial charge in [-0.1, -0.05) is 0 Å². The lowest BCUT2D eigenvalue weighted by molar-refractivity contribution is 0.0589. The summed E-state index contributed by atoms with van der Waals surface area (Å²) in [7, 11) is 1.35. The summed E-state index contributed by atoms with van der Waals surface area (Å²) in [5.41, 5.74) is 7.71. The largest absolute Gasteiger partial charge is 0.464 e. The van der Waals surface area contributed by atoms with Crippen LogP contribution in [0.25, 0.3) is 0 Å². The van der Waals surface area contributed by atoms with Crippen LogP contribution in [0.1, 0.15) is 16.1 Å². The predicted molar refractivity (Wildman–Crippen MR) is 63.5 cm³/mol. The second kappa shape index (κ2) is 4.69. The van der Waals surface area contributed by atoms with Gasteiger partial charge in [0.25, 0.3) is 0 Å². The number of carbonyl (C=O) groups is 1. The summed E-state index contributed by atoms with van der Waals surface area (Å²) >= 11 is 0. The van der Waals surface area contributed by atoms with Crippen LogP contribution in [0.5, 0.6) is 0 Å². The van der Waals surface area contributed by atoms with Gasteiger partial charge >= 0.3 is 5.97 Å². The van der Waals surface area contributed by atoms with Gasteiger partial charge in [-0.25, -0.2) is 4.79 Å². The summed E-state index contributed by atoms with van der Waals surface area (Å²) in [6, 6.07) is 5.38. The number of aromatic nitrogens is 2. The molecule has 2 rings (SSSR count). The number of carbonyl (C=O) groups excluding carboxylic acids is 1. The van der Waals surface area contributed by atoms with Crippen molar-refractivity contribution >= 4 is 11.7 Å². The molecular formula is C12H13N3O2. The van der Waals surface area contributed by atoms with E-state index in [1.54, 1.807) is 29.2 Å². The Kier molecular flexibility index (Phi) is 3.09. The Morgan fingerprint density at radius 3 is 2.82 bits per heavy atom. The lowest BCUT2D eigenvalue weighted by atomic mass is 10.2. The number of ether oxygens (including phenoxy) is 1. The predicted octanol–water partition coefficient (Wildman–Crippen LogP) is 1.30. The number of anilines is 1. The van der Waals surface area contributed by atoms with Crippen LogP contribution < -0.4 is 5.73 Å². The van der Waals surface area contributed by atoms with E-state index in [-0.39, 0.29) is 0 Å². The fraction of sp³-hybridized carbons (Fsp3) is 0.167. The third-order valence-corrected chi connectivity index (χ3v) is 2.41. The maximum Gasteiger partial charge on any atom is 0.354 e. The standard InChI is InChI=1S/C12H13N3O2/c1-17-12(16)11-6-10(13)8-15(11)7-9-2-4-14-5-3-9/h2-6,8H,7,13H2,1H3. The van der Waals surface area contributed by atoms with E-state index in [9.17, 15) is 4.79 Å². The molecule has 0 saturated carbocycles. The van der Waals surface area contributed by atoms with E-state index in [0.717, 1.165) is 5.56 Å². The molecule has 0 bridgehead atoms. The monoisotopic (exact) mass is 231 g/mol. The smallest absolute Gasteiger partial charge is 0.354 e. The highest BCUT2D eigenvalue weighted by atomic mass is 16.5. The van der Waals surface area contributed by atoms with Crippen LogP contribution in [0.4, 0.5) is 5.69 Å². The van der Waals surface area contributed by atoms with E-state index in [1.165, 1.54) is 7.11 Å². The summed E-state index contributed by atoms with van der Waals surface area (Å²) in [4.78, 5) is 15.5. The van der Waals surface area contributed by atoms with Gasteiger partial charge in [0.1, 0.15) is 5.69 Å². The van der Waals surface area contributed by atoms with Crippen LogP contribution >= 0.6 is 0 Å². The van der Waals surface area contributed by atoms with Crippen LogP contribution in [0.2, 0.25) is 0 Å². The molecule has 5 heteroatoms. The number of hydrogen-bond donors (Lipinski definition) is 1. The van der Waals surface area contributed by atoms with Crippen molar-refractivity contribution in [3.05, 3.63) is 48.0 Å². The summed E-state index contributed by atoms with van der Waals surface area (Å²) < 4.78 is 6.46. The molecule has 0 aliphatic heterocycles. The van der Waals surface area contributed by atoms with Gasteiger partial charge in [-0.05, 0) is 23.8 Å². The van der Waals surface area contributed by atoms with E-state index in [2.05, 4.69) is 4.98 Å². The minimum atomic E-state index is -0.393. The molecule has 0 spiro atoms. The number of nitrogens with two attached hydrogens (primary N) is 1. The van der Waals surface area contributed by atoms with Gasteiger partial charge in [0.2, 0.25) is 0 Å². The van der Waals surface area contributed by atoms with Crippen molar-refractivity contribution in [2.24, 2.45) is 0 Å². The molecular weight excluding hydrogens is 218 g/mol. The van der Waals surface area contributed by atoms with E-state index >= 15 is 0 Å². The molecule has 0 fully saturated rings. The SMILES string of the molecule is COC(=O)c1cc(N)cn1Cc1ccncc1. The number of rotatable bonds is 3. The molecule has 0 radical (unpaired) electrons. The van der Waals surface area contributed by atoms with Gasteiger partial charge in [0.05, 0.1) is 12.8 Å². The number of methoxy groups -OCH3 is 1. The highest BCUT2D eigenvalue weighted by Gasteiger charge is 2.13. The molecule has 17 heavy (non-hydrogen) atoms. The van der Waals surface area contributed by atoms with Gasteiger partial charge in [0.15, 0.2) is 0 Å². The molecule has 88 valence electrons. The lowest BCUT2D eigenvalue weighted by Crippen LogP contribution is -2.10. The summed E-state index contributed by atoms with van der Waals surface area (Å²) in [6.07, 6.45) is 5.13. The maximum absolute atomic E-state index is 11.5. The average molecular weight is 231 g/mol. The Hall–Kier alpha value is -2.30. The van der Waals surface area contributed by atoms with Crippen molar-refractivity contribution in [2.45, 2.75) is 6.54 Å². The first-order chi connectivity index (χ1) is 8.20. The van der Waals surface area contributed by atoms with Crippen LogP contribution in [-0.4, -0.2) is 22.6 Å². The Balaban J connectivity index is 2.30. The van der Waals surface area contributed by atoms with Crippen LogP contribution in [0.3, 0.4) is 0 Å². The highest BCUT2D eigenvalue weighted by molar-refractivity contribution is 5.89. The van der Waals surface area contributed by atoms with Gasteiger partial charge < -0.3 is 15.0 Å². The van der Waals surface area contributed by atoms with Crippen molar-refractivity contribution in [3.8, 4) is 0 Å². The molecule has 0 aliphatic rings. The van der Waals surface area contributed by atoms with Crippen LogP contribution in [-0.2, 0) is 11.3 Å². The van der Waals surface area contributed by atoms with Crippen molar-refractivity contribution < 1.29 is 9.53 Å². The maximum atomic E-state index is 11.5. The van der Waals surface area contributed by atoms with Gasteiger partial charge in [0, 0.05) is 25.1 Å². The van der Waals surface area contributed by atoms with Gasteiger partial charge in [-0.15, -0.1) is 0 Å². The number of nitrogen functional groups attached to an aromatic ring is 1. The van der Waals surface area contributed by atoms with Crippen LogP contribution in [0.15, 0.2) is 36.8 Å². The molecule has 0 aromatic carbocycles. The summed E-state index contributed by atoms with van der Waals surface area (Å²) in [5.74, 6) is -0.393. The third kappa shape index (κ3) is 2.44. The zero-order valence-electron chi connectivity index (χ0n) is 9.46. The molecule has 2 N–H and O–H groups in total. The molecule has 0 atom stereocenters. The average Bonchev–Trinajstić information content (AvgIpc) is 2.70. The van der Waals surface area contributed by atoms with Crippen molar-refractivity contribution in [1.29, 1.82) is 0 Å². The van der Waals surface area contributed by atoms with E-state index in [1.807, 2.05) is 12.1 Å². The number of pyridine rings is 1. The highest BCUT2D eigenvalue weighted by Crippen LogP contribution is 2.13. The second-order valence-corrected chi connectivity index (χ2v) is 3.63. The zero-order chi connectivity index (χ0) is 12.3. The Bertz CT molecular complexity index is 520. The molecule has 0 saturated heterocycles. The quantitative estimate of drug-likeness (QED) is 0.808. The second-order valence-electron chi connectivity index (χ2n) is 3.63. The van der Waals surface area contributed by atoms with E-state index in [4.69, 9.17) is 10.5 Å². The number of nitrogens with zero attached hydrogens (tertiary/aromatic N) is 2. The molecule has 5 nitrogen and oxygen atoms in total. The van der Waals surface area contributed by atoms with Crippen LogP contribution in [0, 0.1) is 0 Å². The molecule has 0 amide bonds. The van der Waals surface area contributed by atoms with Gasteiger partial charge in [-0.3, -0.25) is 4.98 Å². The lowest BCUT2D eigenvalue weighted by Gasteiger charge is -2.07. The molecule has 0 aliphatic carbocycles.